The quantitative estimate of drug-likeness (QED) is 0.636. The molecule has 0 fully saturated rings. The zero-order valence-corrected chi connectivity index (χ0v) is 12.3. The van der Waals surface area contributed by atoms with Gasteiger partial charge in [-0.3, -0.25) is 4.99 Å². The maximum atomic E-state index is 4.77. The minimum atomic E-state index is 0.972. The van der Waals surface area contributed by atoms with Crippen molar-refractivity contribution < 1.29 is 0 Å². The van der Waals surface area contributed by atoms with Crippen LogP contribution in [0.15, 0.2) is 66.2 Å². The van der Waals surface area contributed by atoms with Crippen LogP contribution in [0.5, 0.6) is 0 Å². The van der Waals surface area contributed by atoms with Crippen LogP contribution < -0.4 is 0 Å². The van der Waals surface area contributed by atoms with Crippen molar-refractivity contribution in [2.24, 2.45) is 4.99 Å². The van der Waals surface area contributed by atoms with E-state index >= 15 is 0 Å². The molecule has 1 nitrogen and oxygen atoms in total. The average molecular weight is 263 g/mol. The van der Waals surface area contributed by atoms with Gasteiger partial charge in [-0.25, -0.2) is 0 Å². The number of hydrogen-bond acceptors (Lipinski definition) is 1. The van der Waals surface area contributed by atoms with Crippen molar-refractivity contribution in [2.75, 3.05) is 0 Å². The summed E-state index contributed by atoms with van der Waals surface area (Å²) in [5.41, 5.74) is 5.44. The molecule has 0 amide bonds. The standard InChI is InChI=1S/C19H21N/c1-4-10-18-13-8-9-14-19(18)20-16(3)15(2)17-11-6-5-7-12-17/h5-9,11-14H,2,4,10H2,1,3H3. The average Bonchev–Trinajstić information content (AvgIpc) is 2.49. The van der Waals surface area contributed by atoms with Gasteiger partial charge in [-0.1, -0.05) is 68.5 Å². The van der Waals surface area contributed by atoms with Gasteiger partial charge in [0.05, 0.1) is 5.69 Å². The molecule has 1 heteroatoms. The van der Waals surface area contributed by atoms with Crippen LogP contribution >= 0.6 is 0 Å². The monoisotopic (exact) mass is 263 g/mol. The number of hydrogen-bond donors (Lipinski definition) is 0. The normalized spacial score (nSPS) is 11.4. The van der Waals surface area contributed by atoms with E-state index in [1.54, 1.807) is 0 Å². The number of para-hydroxylation sites is 1. The first kappa shape index (κ1) is 14.3. The van der Waals surface area contributed by atoms with Crippen molar-refractivity contribution in [1.82, 2.24) is 0 Å². The summed E-state index contributed by atoms with van der Waals surface area (Å²) < 4.78 is 0. The summed E-state index contributed by atoms with van der Waals surface area (Å²) in [6, 6.07) is 18.5. The van der Waals surface area contributed by atoms with Gasteiger partial charge in [0.25, 0.3) is 0 Å². The minimum Gasteiger partial charge on any atom is -0.253 e. The van der Waals surface area contributed by atoms with Crippen molar-refractivity contribution in [3.05, 3.63) is 72.3 Å². The van der Waals surface area contributed by atoms with Crippen LogP contribution in [0.1, 0.15) is 31.4 Å². The predicted octanol–water partition coefficient (Wildman–Crippen LogP) is 5.44. The highest BCUT2D eigenvalue weighted by molar-refractivity contribution is 6.22. The lowest BCUT2D eigenvalue weighted by molar-refractivity contribution is 0.921. The summed E-state index contributed by atoms with van der Waals surface area (Å²) in [5.74, 6) is 0. The first-order valence-corrected chi connectivity index (χ1v) is 7.10. The third-order valence-corrected chi connectivity index (χ3v) is 3.36. The molecule has 0 unspecified atom stereocenters. The van der Waals surface area contributed by atoms with E-state index in [2.05, 4.69) is 43.8 Å². The third kappa shape index (κ3) is 3.45. The molecule has 0 saturated heterocycles. The molecule has 0 radical (unpaired) electrons. The molecule has 0 aromatic heterocycles. The van der Waals surface area contributed by atoms with Crippen molar-refractivity contribution in [3.63, 3.8) is 0 Å². The van der Waals surface area contributed by atoms with Gasteiger partial charge < -0.3 is 0 Å². The summed E-state index contributed by atoms with van der Waals surface area (Å²) >= 11 is 0. The van der Waals surface area contributed by atoms with Crippen LogP contribution in [-0.2, 0) is 6.42 Å². The second kappa shape index (κ2) is 6.85. The van der Waals surface area contributed by atoms with Gasteiger partial charge in [-0.2, -0.15) is 0 Å². The fourth-order valence-corrected chi connectivity index (χ4v) is 2.20. The lowest BCUT2D eigenvalue weighted by Crippen LogP contribution is -1.95. The van der Waals surface area contributed by atoms with E-state index < -0.39 is 0 Å². The van der Waals surface area contributed by atoms with Crippen molar-refractivity contribution in [3.8, 4) is 0 Å². The lowest BCUT2D eigenvalue weighted by atomic mass is 10.0. The van der Waals surface area contributed by atoms with Crippen molar-refractivity contribution in [1.29, 1.82) is 0 Å². The van der Waals surface area contributed by atoms with Crippen LogP contribution in [0, 0.1) is 0 Å². The van der Waals surface area contributed by atoms with Gasteiger partial charge in [0.15, 0.2) is 0 Å². The number of aliphatic imine (C=N–C) groups is 1. The zero-order chi connectivity index (χ0) is 14.4. The molecular formula is C19H21N. The van der Waals surface area contributed by atoms with Gasteiger partial charge in [0.1, 0.15) is 0 Å². The van der Waals surface area contributed by atoms with Crippen molar-refractivity contribution in [2.45, 2.75) is 26.7 Å². The molecule has 2 rings (SSSR count). The number of benzene rings is 2. The Labute approximate surface area is 121 Å². The molecule has 0 heterocycles. The first-order chi connectivity index (χ1) is 9.72. The van der Waals surface area contributed by atoms with E-state index in [0.717, 1.165) is 35.4 Å². The Hall–Kier alpha value is -2.15. The number of aryl methyl sites for hydroxylation is 1. The second-order valence-electron chi connectivity index (χ2n) is 4.92. The van der Waals surface area contributed by atoms with Crippen LogP contribution in [0.3, 0.4) is 0 Å². The Bertz CT molecular complexity index is 609. The summed E-state index contributed by atoms with van der Waals surface area (Å²) in [6.07, 6.45) is 2.19. The largest absolute Gasteiger partial charge is 0.253 e. The highest BCUT2D eigenvalue weighted by Gasteiger charge is 2.04. The molecular weight excluding hydrogens is 242 g/mol. The van der Waals surface area contributed by atoms with Gasteiger partial charge in [0.2, 0.25) is 0 Å². The van der Waals surface area contributed by atoms with Gasteiger partial charge in [-0.15, -0.1) is 0 Å². The summed E-state index contributed by atoms with van der Waals surface area (Å²) in [6.45, 7) is 8.38. The van der Waals surface area contributed by atoms with Crippen LogP contribution in [0.2, 0.25) is 0 Å². The maximum Gasteiger partial charge on any atom is 0.0665 e. The maximum absolute atomic E-state index is 4.77. The van der Waals surface area contributed by atoms with Crippen LogP contribution in [0.25, 0.3) is 5.57 Å². The first-order valence-electron chi connectivity index (χ1n) is 7.10. The molecule has 0 spiro atoms. The van der Waals surface area contributed by atoms with E-state index in [-0.39, 0.29) is 0 Å². The van der Waals surface area contributed by atoms with Gasteiger partial charge in [-0.05, 0) is 36.1 Å². The molecule has 0 N–H and O–H groups in total. The van der Waals surface area contributed by atoms with Gasteiger partial charge >= 0.3 is 0 Å². The SMILES string of the molecule is C=C(C(C)=Nc1ccccc1CCC)c1ccccc1. The minimum absolute atomic E-state index is 0.972. The summed E-state index contributed by atoms with van der Waals surface area (Å²) in [5, 5.41) is 0. The van der Waals surface area contributed by atoms with Gasteiger partial charge in [0, 0.05) is 5.71 Å². The Balaban J connectivity index is 2.29. The third-order valence-electron chi connectivity index (χ3n) is 3.36. The van der Waals surface area contributed by atoms with E-state index in [4.69, 9.17) is 4.99 Å². The molecule has 102 valence electrons. The Morgan fingerprint density at radius 1 is 1.00 bits per heavy atom. The Kier molecular flexibility index (Phi) is 4.89. The van der Waals surface area contributed by atoms with E-state index in [1.807, 2.05) is 31.2 Å². The second-order valence-corrected chi connectivity index (χ2v) is 4.92. The van der Waals surface area contributed by atoms with Crippen molar-refractivity contribution >= 4 is 17.0 Å². The number of rotatable bonds is 5. The van der Waals surface area contributed by atoms with Crippen LogP contribution in [-0.4, -0.2) is 5.71 Å². The lowest BCUT2D eigenvalue weighted by Gasteiger charge is -2.08. The fourth-order valence-electron chi connectivity index (χ4n) is 2.20. The van der Waals surface area contributed by atoms with Crippen LogP contribution in [0.4, 0.5) is 5.69 Å². The highest BCUT2D eigenvalue weighted by atomic mass is 14.7. The molecule has 2 aromatic rings. The number of allylic oxidation sites excluding steroid dienone is 1. The van der Waals surface area contributed by atoms with E-state index in [9.17, 15) is 0 Å². The Morgan fingerprint density at radius 3 is 2.35 bits per heavy atom. The predicted molar refractivity (Wildman–Crippen MR) is 88.7 cm³/mol. The van der Waals surface area contributed by atoms with E-state index in [1.165, 1.54) is 5.56 Å². The molecule has 20 heavy (non-hydrogen) atoms. The summed E-state index contributed by atoms with van der Waals surface area (Å²) in [7, 11) is 0. The topological polar surface area (TPSA) is 12.4 Å². The fraction of sp³-hybridized carbons (Fsp3) is 0.211. The molecule has 0 atom stereocenters. The number of nitrogens with zero attached hydrogens (tertiary/aromatic N) is 1. The smallest absolute Gasteiger partial charge is 0.0665 e. The molecule has 0 saturated carbocycles. The highest BCUT2D eigenvalue weighted by Crippen LogP contribution is 2.23. The molecule has 0 bridgehead atoms. The molecule has 0 aliphatic rings. The molecule has 2 aromatic carbocycles. The van der Waals surface area contributed by atoms with E-state index in [0.29, 0.717) is 0 Å². The zero-order valence-electron chi connectivity index (χ0n) is 12.3. The molecule has 0 aliphatic carbocycles. The summed E-state index contributed by atoms with van der Waals surface area (Å²) in [4.78, 5) is 4.77. The Morgan fingerprint density at radius 2 is 1.65 bits per heavy atom. The molecule has 0 aliphatic heterocycles.